The molecular formula is C24H29ClN4O2. The molecule has 1 heterocycles. The quantitative estimate of drug-likeness (QED) is 0.566. The lowest BCUT2D eigenvalue weighted by Gasteiger charge is -2.15. The maximum absolute atomic E-state index is 13.1. The molecule has 0 unspecified atom stereocenters. The lowest BCUT2D eigenvalue weighted by atomic mass is 10.0. The number of carbonyl (C=O) groups excluding carboxylic acids is 2. The van der Waals surface area contributed by atoms with Gasteiger partial charge in [-0.05, 0) is 49.5 Å². The Kier molecular flexibility index (Phi) is 8.00. The topological polar surface area (TPSA) is 76.0 Å². The van der Waals surface area contributed by atoms with Crippen LogP contribution in [-0.2, 0) is 0 Å². The molecule has 0 aliphatic carbocycles. The molecule has 0 bridgehead atoms. The highest BCUT2D eigenvalue weighted by molar-refractivity contribution is 6.30. The third-order valence-electron chi connectivity index (χ3n) is 4.66. The maximum Gasteiger partial charge on any atom is 0.274 e. The van der Waals surface area contributed by atoms with Crippen molar-refractivity contribution in [2.24, 2.45) is 5.92 Å². The van der Waals surface area contributed by atoms with Gasteiger partial charge in [0.05, 0.1) is 16.9 Å². The first-order valence-corrected chi connectivity index (χ1v) is 10.4. The molecular weight excluding hydrogens is 412 g/mol. The zero-order valence-corrected chi connectivity index (χ0v) is 19.6. The number of anilines is 1. The van der Waals surface area contributed by atoms with Gasteiger partial charge >= 0.3 is 0 Å². The minimum absolute atomic E-state index is 0.170. The van der Waals surface area contributed by atoms with Gasteiger partial charge in [0.15, 0.2) is 5.15 Å². The zero-order chi connectivity index (χ0) is 23.3. The fourth-order valence-electron chi connectivity index (χ4n) is 3.03. The molecule has 1 aromatic carbocycles. The average Bonchev–Trinajstić information content (AvgIpc) is 3.09. The summed E-state index contributed by atoms with van der Waals surface area (Å²) in [7, 11) is 1.55. The van der Waals surface area contributed by atoms with Gasteiger partial charge < -0.3 is 10.6 Å². The van der Waals surface area contributed by atoms with Gasteiger partial charge in [-0.25, -0.2) is 4.68 Å². The molecule has 0 atom stereocenters. The van der Waals surface area contributed by atoms with Crippen molar-refractivity contribution in [3.8, 4) is 0 Å². The molecule has 2 aromatic rings. The SMILES string of the molecule is C=C(/C(C)=C\C=C/C(C)C)n1nc(Cl)cc1C(=O)Nc1c(C)cc(C)cc1C(=O)NC. The highest BCUT2D eigenvalue weighted by atomic mass is 35.5. The molecule has 0 spiro atoms. The summed E-state index contributed by atoms with van der Waals surface area (Å²) in [6, 6.07) is 5.11. The summed E-state index contributed by atoms with van der Waals surface area (Å²) in [6.45, 7) is 13.9. The predicted molar refractivity (Wildman–Crippen MR) is 128 cm³/mol. The van der Waals surface area contributed by atoms with E-state index in [1.165, 1.54) is 10.7 Å². The van der Waals surface area contributed by atoms with Crippen LogP contribution in [0.5, 0.6) is 0 Å². The summed E-state index contributed by atoms with van der Waals surface area (Å²) in [5.74, 6) is -0.304. The van der Waals surface area contributed by atoms with E-state index < -0.39 is 5.91 Å². The summed E-state index contributed by atoms with van der Waals surface area (Å²) in [5, 5.41) is 9.85. The number of benzene rings is 1. The van der Waals surface area contributed by atoms with Crippen molar-refractivity contribution >= 4 is 34.8 Å². The van der Waals surface area contributed by atoms with Gasteiger partial charge in [0.25, 0.3) is 11.8 Å². The molecule has 2 amide bonds. The molecule has 164 valence electrons. The number of hydrogen-bond donors (Lipinski definition) is 2. The Morgan fingerprint density at radius 3 is 2.48 bits per heavy atom. The Bertz CT molecular complexity index is 1080. The van der Waals surface area contributed by atoms with Crippen LogP contribution in [0.25, 0.3) is 5.70 Å². The number of aryl methyl sites for hydroxylation is 2. The van der Waals surface area contributed by atoms with E-state index >= 15 is 0 Å². The van der Waals surface area contributed by atoms with Crippen LogP contribution in [0.15, 0.2) is 48.6 Å². The first-order chi connectivity index (χ1) is 14.5. The summed E-state index contributed by atoms with van der Waals surface area (Å²) in [6.07, 6.45) is 5.91. The summed E-state index contributed by atoms with van der Waals surface area (Å²) in [4.78, 5) is 25.5. The summed E-state index contributed by atoms with van der Waals surface area (Å²) >= 11 is 6.11. The van der Waals surface area contributed by atoms with Crippen molar-refractivity contribution < 1.29 is 9.59 Å². The molecule has 0 aliphatic rings. The number of allylic oxidation sites excluding steroid dienone is 5. The third kappa shape index (κ3) is 5.95. The van der Waals surface area contributed by atoms with Crippen LogP contribution in [-0.4, -0.2) is 28.6 Å². The van der Waals surface area contributed by atoms with Crippen LogP contribution in [0.1, 0.15) is 52.7 Å². The number of hydrogen-bond acceptors (Lipinski definition) is 3. The van der Waals surface area contributed by atoms with Crippen molar-refractivity contribution in [2.45, 2.75) is 34.6 Å². The first kappa shape index (κ1) is 24.2. The molecule has 2 N–H and O–H groups in total. The Morgan fingerprint density at radius 1 is 1.19 bits per heavy atom. The lowest BCUT2D eigenvalue weighted by Crippen LogP contribution is -2.23. The van der Waals surface area contributed by atoms with Gasteiger partial charge in [0.1, 0.15) is 5.69 Å². The van der Waals surface area contributed by atoms with Crippen molar-refractivity contribution in [1.82, 2.24) is 15.1 Å². The molecule has 0 radical (unpaired) electrons. The summed E-state index contributed by atoms with van der Waals surface area (Å²) < 4.78 is 1.41. The third-order valence-corrected chi connectivity index (χ3v) is 4.84. The molecule has 1 aromatic heterocycles. The second-order valence-corrected chi connectivity index (χ2v) is 8.11. The van der Waals surface area contributed by atoms with E-state index in [1.807, 2.05) is 39.0 Å². The van der Waals surface area contributed by atoms with Gasteiger partial charge in [0.2, 0.25) is 0 Å². The van der Waals surface area contributed by atoms with Crippen LogP contribution in [0, 0.1) is 19.8 Å². The number of rotatable bonds is 7. The minimum Gasteiger partial charge on any atom is -0.355 e. The van der Waals surface area contributed by atoms with Gasteiger partial charge in [-0.15, -0.1) is 0 Å². The highest BCUT2D eigenvalue weighted by Crippen LogP contribution is 2.25. The Morgan fingerprint density at radius 2 is 1.87 bits per heavy atom. The standard InChI is InChI=1S/C24H29ClN4O2/c1-14(2)9-8-10-16(4)18(6)29-20(13-21(25)28-29)24(31)27-22-17(5)11-15(3)12-19(22)23(30)26-7/h8-14H,6H2,1-5,7H3,(H,26,30)(H,27,31)/b9-8-,16-10-. The Hall–Kier alpha value is -3.12. The van der Waals surface area contributed by atoms with E-state index in [-0.39, 0.29) is 16.8 Å². The Balaban J connectivity index is 2.41. The van der Waals surface area contributed by atoms with Crippen LogP contribution in [0.4, 0.5) is 5.69 Å². The molecule has 2 rings (SSSR count). The smallest absolute Gasteiger partial charge is 0.274 e. The summed E-state index contributed by atoms with van der Waals surface area (Å²) in [5.41, 5.74) is 4.11. The highest BCUT2D eigenvalue weighted by Gasteiger charge is 2.21. The monoisotopic (exact) mass is 440 g/mol. The van der Waals surface area contributed by atoms with Crippen LogP contribution in [0.2, 0.25) is 5.15 Å². The van der Waals surface area contributed by atoms with Crippen LogP contribution in [0.3, 0.4) is 0 Å². The normalized spacial score (nSPS) is 11.8. The van der Waals surface area contributed by atoms with Gasteiger partial charge in [0, 0.05) is 13.1 Å². The van der Waals surface area contributed by atoms with E-state index in [9.17, 15) is 9.59 Å². The fraction of sp³-hybridized carbons (Fsp3) is 0.292. The number of halogens is 1. The number of carbonyl (C=O) groups is 2. The molecule has 31 heavy (non-hydrogen) atoms. The largest absolute Gasteiger partial charge is 0.355 e. The Labute approximate surface area is 188 Å². The predicted octanol–water partition coefficient (Wildman–Crippen LogP) is 5.39. The first-order valence-electron chi connectivity index (χ1n) is 10.00. The van der Waals surface area contributed by atoms with Crippen molar-refractivity contribution in [1.29, 1.82) is 0 Å². The van der Waals surface area contributed by atoms with E-state index in [0.717, 1.165) is 16.7 Å². The molecule has 6 nitrogen and oxygen atoms in total. The van der Waals surface area contributed by atoms with Crippen molar-refractivity contribution in [2.75, 3.05) is 12.4 Å². The fourth-order valence-corrected chi connectivity index (χ4v) is 3.21. The number of aromatic nitrogens is 2. The van der Waals surface area contributed by atoms with E-state index in [0.29, 0.717) is 22.9 Å². The minimum atomic E-state index is -0.442. The van der Waals surface area contributed by atoms with Gasteiger partial charge in [-0.2, -0.15) is 5.10 Å². The van der Waals surface area contributed by atoms with Gasteiger partial charge in [-0.1, -0.05) is 56.3 Å². The molecule has 0 saturated carbocycles. The average molecular weight is 441 g/mol. The second kappa shape index (κ2) is 10.3. The maximum atomic E-state index is 13.1. The van der Waals surface area contributed by atoms with E-state index in [2.05, 4.69) is 42.2 Å². The molecule has 0 saturated heterocycles. The molecule has 0 aliphatic heterocycles. The van der Waals surface area contributed by atoms with Crippen molar-refractivity contribution in [3.63, 3.8) is 0 Å². The van der Waals surface area contributed by atoms with Crippen LogP contribution < -0.4 is 10.6 Å². The lowest BCUT2D eigenvalue weighted by molar-refractivity contribution is 0.0964. The second-order valence-electron chi connectivity index (χ2n) is 7.73. The zero-order valence-electron chi connectivity index (χ0n) is 18.8. The van der Waals surface area contributed by atoms with Crippen molar-refractivity contribution in [3.05, 3.63) is 76.1 Å². The number of amides is 2. The molecule has 0 fully saturated rings. The number of nitrogens with zero attached hydrogens (tertiary/aromatic N) is 2. The van der Waals surface area contributed by atoms with E-state index in [1.54, 1.807) is 13.1 Å². The number of nitrogens with one attached hydrogen (secondary N) is 2. The van der Waals surface area contributed by atoms with Crippen LogP contribution >= 0.6 is 11.6 Å². The van der Waals surface area contributed by atoms with E-state index in [4.69, 9.17) is 11.6 Å². The molecule has 7 heteroatoms. The van der Waals surface area contributed by atoms with Gasteiger partial charge in [-0.3, -0.25) is 9.59 Å².